The predicted molar refractivity (Wildman–Crippen MR) is 81.8 cm³/mol. The molecule has 0 atom stereocenters. The molecule has 1 saturated heterocycles. The Morgan fingerprint density at radius 2 is 2.05 bits per heavy atom. The smallest absolute Gasteiger partial charge is 0.317 e. The third kappa shape index (κ3) is 4.59. The van der Waals surface area contributed by atoms with E-state index in [1.807, 2.05) is 0 Å². The monoisotopic (exact) mass is 327 g/mol. The fourth-order valence-electron chi connectivity index (χ4n) is 2.56. The second-order valence-corrected chi connectivity index (χ2v) is 5.92. The van der Waals surface area contributed by atoms with Crippen molar-refractivity contribution in [3.63, 3.8) is 0 Å². The maximum absolute atomic E-state index is 13.1. The van der Waals surface area contributed by atoms with Crippen molar-refractivity contribution in [2.45, 2.75) is 25.8 Å². The zero-order valence-corrected chi connectivity index (χ0v) is 12.9. The van der Waals surface area contributed by atoms with Crippen LogP contribution in [-0.4, -0.2) is 29.9 Å². The molecule has 3 N–H and O–H groups in total. The first-order valence-corrected chi connectivity index (χ1v) is 7.58. The Morgan fingerprint density at radius 1 is 1.36 bits per heavy atom. The van der Waals surface area contributed by atoms with Gasteiger partial charge >= 0.3 is 6.03 Å². The van der Waals surface area contributed by atoms with Crippen LogP contribution in [0, 0.1) is 11.7 Å². The lowest BCUT2D eigenvalue weighted by atomic mass is 9.93. The third-order valence-corrected chi connectivity index (χ3v) is 4.11. The fourth-order valence-corrected chi connectivity index (χ4v) is 2.77. The first-order chi connectivity index (χ1) is 10.5. The average molecular weight is 328 g/mol. The van der Waals surface area contributed by atoms with Gasteiger partial charge in [0.15, 0.2) is 0 Å². The van der Waals surface area contributed by atoms with E-state index in [1.54, 1.807) is 11.0 Å². The molecule has 5 nitrogen and oxygen atoms in total. The van der Waals surface area contributed by atoms with Crippen molar-refractivity contribution in [3.8, 4) is 0 Å². The number of urea groups is 1. The van der Waals surface area contributed by atoms with Gasteiger partial charge in [-0.3, -0.25) is 4.79 Å². The van der Waals surface area contributed by atoms with Gasteiger partial charge in [0.2, 0.25) is 5.91 Å². The van der Waals surface area contributed by atoms with E-state index >= 15 is 0 Å². The third-order valence-electron chi connectivity index (χ3n) is 3.82. The Hall–Kier alpha value is -1.82. The topological polar surface area (TPSA) is 75.4 Å². The minimum Gasteiger partial charge on any atom is -0.370 e. The number of hydrogen-bond donors (Lipinski definition) is 2. The molecule has 0 radical (unpaired) electrons. The quantitative estimate of drug-likeness (QED) is 0.890. The first-order valence-electron chi connectivity index (χ1n) is 7.20. The maximum atomic E-state index is 13.1. The molecule has 1 aliphatic rings. The number of nitrogens with zero attached hydrogens (tertiary/aromatic N) is 1. The summed E-state index contributed by atoms with van der Waals surface area (Å²) in [5, 5.41) is 2.83. The Balaban J connectivity index is 1.78. The van der Waals surface area contributed by atoms with E-state index < -0.39 is 5.82 Å². The molecule has 0 aromatic heterocycles. The summed E-state index contributed by atoms with van der Waals surface area (Å²) in [5.41, 5.74) is 5.92. The molecule has 0 bridgehead atoms. The summed E-state index contributed by atoms with van der Waals surface area (Å²) in [7, 11) is 0. The Labute approximate surface area is 133 Å². The lowest BCUT2D eigenvalue weighted by Crippen LogP contribution is -2.44. The van der Waals surface area contributed by atoms with Gasteiger partial charge in [-0.25, -0.2) is 9.18 Å². The summed E-state index contributed by atoms with van der Waals surface area (Å²) in [4.78, 5) is 24.7. The molecule has 1 aliphatic heterocycles. The van der Waals surface area contributed by atoms with Gasteiger partial charge in [0.25, 0.3) is 0 Å². The molecular formula is C15H19ClFN3O2. The number of carbonyl (C=O) groups excluding carboxylic acids is 2. The molecule has 0 unspecified atom stereocenters. The molecule has 0 spiro atoms. The highest BCUT2D eigenvalue weighted by atomic mass is 35.5. The Bertz CT molecular complexity index is 560. The van der Waals surface area contributed by atoms with Crippen LogP contribution in [0.25, 0.3) is 0 Å². The summed E-state index contributed by atoms with van der Waals surface area (Å²) in [6.45, 7) is 1.50. The van der Waals surface area contributed by atoms with Crippen LogP contribution in [0.3, 0.4) is 0 Å². The minimum absolute atomic E-state index is 0.0408. The van der Waals surface area contributed by atoms with E-state index in [4.69, 9.17) is 17.3 Å². The summed E-state index contributed by atoms with van der Waals surface area (Å²) in [6, 6.07) is 4.19. The van der Waals surface area contributed by atoms with Crippen molar-refractivity contribution in [2.75, 3.05) is 13.1 Å². The Morgan fingerprint density at radius 3 is 2.64 bits per heavy atom. The first kappa shape index (κ1) is 16.5. The number of rotatable bonds is 4. The zero-order valence-electron chi connectivity index (χ0n) is 12.1. The molecule has 1 aromatic rings. The van der Waals surface area contributed by atoms with Crippen LogP contribution in [-0.2, 0) is 11.3 Å². The molecule has 1 heterocycles. The molecular weight excluding hydrogens is 309 g/mol. The molecule has 2 rings (SSSR count). The second-order valence-electron chi connectivity index (χ2n) is 5.51. The van der Waals surface area contributed by atoms with Crippen LogP contribution in [0.15, 0.2) is 18.2 Å². The predicted octanol–water partition coefficient (Wildman–Crippen LogP) is 2.28. The second kappa shape index (κ2) is 7.45. The molecule has 120 valence electrons. The van der Waals surface area contributed by atoms with Crippen LogP contribution in [0.4, 0.5) is 9.18 Å². The van der Waals surface area contributed by atoms with E-state index in [9.17, 15) is 14.0 Å². The van der Waals surface area contributed by atoms with E-state index in [0.717, 1.165) is 18.4 Å². The summed E-state index contributed by atoms with van der Waals surface area (Å²) < 4.78 is 13.1. The number of halogens is 2. The maximum Gasteiger partial charge on any atom is 0.317 e. The van der Waals surface area contributed by atoms with E-state index in [1.165, 1.54) is 12.1 Å². The van der Waals surface area contributed by atoms with Gasteiger partial charge in [-0.05, 0) is 36.5 Å². The van der Waals surface area contributed by atoms with E-state index in [-0.39, 0.29) is 22.9 Å². The van der Waals surface area contributed by atoms with Crippen molar-refractivity contribution >= 4 is 23.5 Å². The van der Waals surface area contributed by atoms with Crippen molar-refractivity contribution in [1.82, 2.24) is 10.2 Å². The lowest BCUT2D eigenvalue weighted by molar-refractivity contribution is -0.119. The van der Waals surface area contributed by atoms with Gasteiger partial charge in [0.05, 0.1) is 5.02 Å². The van der Waals surface area contributed by atoms with Crippen molar-refractivity contribution in [3.05, 3.63) is 34.6 Å². The standard InChI is InChI=1S/C15H19ClFN3O2/c16-12-7-11(1-2-13(12)17)9-19-15(22)20-5-3-10(4-6-20)8-14(18)21/h1-2,7,10H,3-6,8-9H2,(H2,18,21)(H,19,22). The summed E-state index contributed by atoms with van der Waals surface area (Å²) in [6.07, 6.45) is 1.93. The number of primary amides is 1. The molecule has 1 fully saturated rings. The van der Waals surface area contributed by atoms with Gasteiger partial charge in [0.1, 0.15) is 5.82 Å². The number of likely N-dealkylation sites (tertiary alicyclic amines) is 1. The highest BCUT2D eigenvalue weighted by Gasteiger charge is 2.23. The number of amides is 3. The van der Waals surface area contributed by atoms with Gasteiger partial charge in [-0.1, -0.05) is 17.7 Å². The van der Waals surface area contributed by atoms with Gasteiger partial charge < -0.3 is 16.0 Å². The van der Waals surface area contributed by atoms with E-state index in [2.05, 4.69) is 5.32 Å². The summed E-state index contributed by atoms with van der Waals surface area (Å²) >= 11 is 5.70. The normalized spacial score (nSPS) is 15.6. The highest BCUT2D eigenvalue weighted by Crippen LogP contribution is 2.20. The molecule has 22 heavy (non-hydrogen) atoms. The van der Waals surface area contributed by atoms with Crippen LogP contribution in [0.1, 0.15) is 24.8 Å². The van der Waals surface area contributed by atoms with Crippen LogP contribution in [0.5, 0.6) is 0 Å². The fraction of sp³-hybridized carbons (Fsp3) is 0.467. The molecule has 3 amide bonds. The lowest BCUT2D eigenvalue weighted by Gasteiger charge is -2.31. The molecule has 0 aliphatic carbocycles. The van der Waals surface area contributed by atoms with Crippen LogP contribution >= 0.6 is 11.6 Å². The minimum atomic E-state index is -0.478. The van der Waals surface area contributed by atoms with Crippen LogP contribution < -0.4 is 11.1 Å². The van der Waals surface area contributed by atoms with Gasteiger partial charge in [-0.2, -0.15) is 0 Å². The molecule has 1 aromatic carbocycles. The number of benzene rings is 1. The largest absolute Gasteiger partial charge is 0.370 e. The number of carbonyl (C=O) groups is 2. The highest BCUT2D eigenvalue weighted by molar-refractivity contribution is 6.30. The van der Waals surface area contributed by atoms with Crippen LogP contribution in [0.2, 0.25) is 5.02 Å². The van der Waals surface area contributed by atoms with E-state index in [0.29, 0.717) is 26.1 Å². The summed E-state index contributed by atoms with van der Waals surface area (Å²) in [5.74, 6) is -0.512. The SMILES string of the molecule is NC(=O)CC1CCN(C(=O)NCc2ccc(F)c(Cl)c2)CC1. The number of nitrogens with one attached hydrogen (secondary N) is 1. The van der Waals surface area contributed by atoms with Crippen molar-refractivity contribution in [2.24, 2.45) is 11.7 Å². The molecule has 0 saturated carbocycles. The molecule has 7 heteroatoms. The average Bonchev–Trinajstić information content (AvgIpc) is 2.48. The number of nitrogens with two attached hydrogens (primary N) is 1. The number of piperidine rings is 1. The Kier molecular flexibility index (Phi) is 5.60. The van der Waals surface area contributed by atoms with Gasteiger partial charge in [0, 0.05) is 26.1 Å². The van der Waals surface area contributed by atoms with Crippen molar-refractivity contribution < 1.29 is 14.0 Å². The number of hydrogen-bond acceptors (Lipinski definition) is 2. The van der Waals surface area contributed by atoms with Gasteiger partial charge in [-0.15, -0.1) is 0 Å². The van der Waals surface area contributed by atoms with Crippen molar-refractivity contribution in [1.29, 1.82) is 0 Å². The zero-order chi connectivity index (χ0) is 16.1.